The van der Waals surface area contributed by atoms with Gasteiger partial charge in [0.25, 0.3) is 0 Å². The fourth-order valence-corrected chi connectivity index (χ4v) is 2.97. The molecule has 2 amide bonds. The van der Waals surface area contributed by atoms with Crippen molar-refractivity contribution in [1.82, 2.24) is 5.32 Å². The molecule has 0 saturated carbocycles. The maximum absolute atomic E-state index is 12.8. The lowest BCUT2D eigenvalue weighted by atomic mass is 10.0. The zero-order chi connectivity index (χ0) is 19.1. The Kier molecular flexibility index (Phi) is 6.18. The van der Waals surface area contributed by atoms with E-state index >= 15 is 0 Å². The van der Waals surface area contributed by atoms with Crippen molar-refractivity contribution >= 4 is 28.3 Å². The molecule has 0 aromatic heterocycles. The maximum atomic E-state index is 12.8. The highest BCUT2D eigenvalue weighted by molar-refractivity contribution is 5.99. The molecule has 3 rings (SSSR count). The first-order valence-electron chi connectivity index (χ1n) is 8.99. The Bertz CT molecular complexity index is 925. The second-order valence-electron chi connectivity index (χ2n) is 6.40. The van der Waals surface area contributed by atoms with Gasteiger partial charge in [-0.05, 0) is 41.3 Å². The van der Waals surface area contributed by atoms with Crippen molar-refractivity contribution in [3.05, 3.63) is 78.4 Å². The number of aryl methyl sites for hydroxylation is 1. The topological polar surface area (TPSA) is 84.2 Å². The molecule has 0 bridgehead atoms. The minimum Gasteiger partial charge on any atom is -0.343 e. The van der Waals surface area contributed by atoms with E-state index in [0.29, 0.717) is 18.5 Å². The van der Waals surface area contributed by atoms with E-state index in [2.05, 4.69) is 10.6 Å². The van der Waals surface area contributed by atoms with Crippen LogP contribution in [-0.2, 0) is 16.0 Å². The third kappa shape index (κ3) is 5.15. The first kappa shape index (κ1) is 18.6. The van der Waals surface area contributed by atoms with Crippen LogP contribution in [0.25, 0.3) is 10.8 Å². The van der Waals surface area contributed by atoms with Crippen molar-refractivity contribution in [1.29, 1.82) is 0 Å². The minimum atomic E-state index is -0.646. The summed E-state index contributed by atoms with van der Waals surface area (Å²) in [4.78, 5) is 24.5. The quantitative estimate of drug-likeness (QED) is 0.605. The molecule has 0 aliphatic rings. The number of fused-ring (bicyclic) bond motifs is 1. The standard InChI is InChI=1S/C22H23N3O2/c23-15-21(26)25-20(13-10-16-6-2-1-3-7-16)22(27)24-19-12-11-17-8-4-5-9-18(17)14-19/h1-9,11-12,14,20H,10,13,15,23H2,(H,24,27)(H,25,26). The summed E-state index contributed by atoms with van der Waals surface area (Å²) in [7, 11) is 0. The summed E-state index contributed by atoms with van der Waals surface area (Å²) in [5.74, 6) is -0.593. The van der Waals surface area contributed by atoms with Crippen LogP contribution in [0.1, 0.15) is 12.0 Å². The third-order valence-electron chi connectivity index (χ3n) is 4.42. The normalized spacial score (nSPS) is 11.7. The Morgan fingerprint density at radius 2 is 1.59 bits per heavy atom. The molecule has 1 atom stereocenters. The average Bonchev–Trinajstić information content (AvgIpc) is 2.71. The largest absolute Gasteiger partial charge is 0.343 e. The van der Waals surface area contributed by atoms with Gasteiger partial charge in [0, 0.05) is 5.69 Å². The van der Waals surface area contributed by atoms with Crippen LogP contribution in [-0.4, -0.2) is 24.4 Å². The summed E-state index contributed by atoms with van der Waals surface area (Å²) in [6.45, 7) is -0.148. The van der Waals surface area contributed by atoms with Gasteiger partial charge in [-0.1, -0.05) is 60.7 Å². The molecule has 3 aromatic rings. The second kappa shape index (κ2) is 8.96. The number of carbonyl (C=O) groups is 2. The van der Waals surface area contributed by atoms with Crippen molar-refractivity contribution in [2.24, 2.45) is 5.73 Å². The predicted molar refractivity (Wildman–Crippen MR) is 108 cm³/mol. The molecule has 1 unspecified atom stereocenters. The van der Waals surface area contributed by atoms with Crippen LogP contribution in [0.2, 0.25) is 0 Å². The van der Waals surface area contributed by atoms with E-state index in [0.717, 1.165) is 16.3 Å². The zero-order valence-corrected chi connectivity index (χ0v) is 15.0. The van der Waals surface area contributed by atoms with Gasteiger partial charge in [0.15, 0.2) is 0 Å². The second-order valence-corrected chi connectivity index (χ2v) is 6.40. The van der Waals surface area contributed by atoms with Crippen molar-refractivity contribution in [3.8, 4) is 0 Å². The van der Waals surface area contributed by atoms with Gasteiger partial charge < -0.3 is 16.4 Å². The van der Waals surface area contributed by atoms with Gasteiger partial charge in [0.1, 0.15) is 6.04 Å². The number of nitrogens with two attached hydrogens (primary N) is 1. The Labute approximate surface area is 158 Å². The van der Waals surface area contributed by atoms with Crippen LogP contribution in [0.4, 0.5) is 5.69 Å². The summed E-state index contributed by atoms with van der Waals surface area (Å²) < 4.78 is 0. The van der Waals surface area contributed by atoms with Crippen LogP contribution >= 0.6 is 0 Å². The smallest absolute Gasteiger partial charge is 0.246 e. The van der Waals surface area contributed by atoms with Crippen molar-refractivity contribution in [3.63, 3.8) is 0 Å². The molecule has 4 N–H and O–H groups in total. The van der Waals surface area contributed by atoms with Crippen LogP contribution in [0.3, 0.4) is 0 Å². The molecule has 0 spiro atoms. The number of rotatable bonds is 7. The summed E-state index contributed by atoms with van der Waals surface area (Å²) >= 11 is 0. The number of nitrogens with one attached hydrogen (secondary N) is 2. The van der Waals surface area contributed by atoms with Gasteiger partial charge in [0.2, 0.25) is 11.8 Å². The lowest BCUT2D eigenvalue weighted by Gasteiger charge is -2.18. The molecule has 27 heavy (non-hydrogen) atoms. The molecule has 0 aliphatic heterocycles. The molecule has 0 aliphatic carbocycles. The van der Waals surface area contributed by atoms with Gasteiger partial charge >= 0.3 is 0 Å². The number of anilines is 1. The summed E-state index contributed by atoms with van der Waals surface area (Å²) in [5, 5.41) is 7.77. The first-order chi connectivity index (χ1) is 13.2. The van der Waals surface area contributed by atoms with Crippen LogP contribution in [0, 0.1) is 0 Å². The molecule has 5 heteroatoms. The van der Waals surface area contributed by atoms with E-state index in [4.69, 9.17) is 5.73 Å². The zero-order valence-electron chi connectivity index (χ0n) is 15.0. The number of hydrogen-bond donors (Lipinski definition) is 3. The average molecular weight is 361 g/mol. The molecule has 0 heterocycles. The SMILES string of the molecule is NCC(=O)NC(CCc1ccccc1)C(=O)Nc1ccc2ccccc2c1. The van der Waals surface area contributed by atoms with Crippen LogP contribution in [0.5, 0.6) is 0 Å². The third-order valence-corrected chi connectivity index (χ3v) is 4.42. The fraction of sp³-hybridized carbons (Fsp3) is 0.182. The molecular weight excluding hydrogens is 338 g/mol. The van der Waals surface area contributed by atoms with E-state index in [9.17, 15) is 9.59 Å². The van der Waals surface area contributed by atoms with Crippen LogP contribution < -0.4 is 16.4 Å². The number of benzene rings is 3. The van der Waals surface area contributed by atoms with Gasteiger partial charge in [-0.25, -0.2) is 0 Å². The van der Waals surface area contributed by atoms with Crippen molar-refractivity contribution in [2.45, 2.75) is 18.9 Å². The van der Waals surface area contributed by atoms with Crippen molar-refractivity contribution in [2.75, 3.05) is 11.9 Å². The van der Waals surface area contributed by atoms with E-state index < -0.39 is 6.04 Å². The van der Waals surface area contributed by atoms with Gasteiger partial charge in [-0.2, -0.15) is 0 Å². The van der Waals surface area contributed by atoms with E-state index in [-0.39, 0.29) is 18.4 Å². The molecule has 5 nitrogen and oxygen atoms in total. The van der Waals surface area contributed by atoms with E-state index in [1.165, 1.54) is 0 Å². The molecule has 0 radical (unpaired) electrons. The van der Waals surface area contributed by atoms with E-state index in [1.807, 2.05) is 72.8 Å². The highest BCUT2D eigenvalue weighted by atomic mass is 16.2. The lowest BCUT2D eigenvalue weighted by Crippen LogP contribution is -2.46. The molecule has 3 aromatic carbocycles. The highest BCUT2D eigenvalue weighted by Crippen LogP contribution is 2.19. The number of amides is 2. The highest BCUT2D eigenvalue weighted by Gasteiger charge is 2.20. The van der Waals surface area contributed by atoms with Gasteiger partial charge in [-0.3, -0.25) is 9.59 Å². The molecular formula is C22H23N3O2. The Balaban J connectivity index is 1.71. The summed E-state index contributed by atoms with van der Waals surface area (Å²) in [6, 6.07) is 22.9. The first-order valence-corrected chi connectivity index (χ1v) is 8.99. The predicted octanol–water partition coefficient (Wildman–Crippen LogP) is 2.85. The Morgan fingerprint density at radius 1 is 0.889 bits per heavy atom. The Morgan fingerprint density at radius 3 is 2.33 bits per heavy atom. The minimum absolute atomic E-state index is 0.148. The summed E-state index contributed by atoms with van der Waals surface area (Å²) in [6.07, 6.45) is 1.18. The molecule has 138 valence electrons. The fourth-order valence-electron chi connectivity index (χ4n) is 2.97. The van der Waals surface area contributed by atoms with E-state index in [1.54, 1.807) is 0 Å². The van der Waals surface area contributed by atoms with Crippen molar-refractivity contribution < 1.29 is 9.59 Å². The maximum Gasteiger partial charge on any atom is 0.246 e. The van der Waals surface area contributed by atoms with Crippen LogP contribution in [0.15, 0.2) is 72.8 Å². The van der Waals surface area contributed by atoms with Gasteiger partial charge in [0.05, 0.1) is 6.54 Å². The lowest BCUT2D eigenvalue weighted by molar-refractivity contribution is -0.125. The molecule has 0 saturated heterocycles. The summed E-state index contributed by atoms with van der Waals surface area (Å²) in [5.41, 5.74) is 7.21. The molecule has 0 fully saturated rings. The number of carbonyl (C=O) groups excluding carboxylic acids is 2. The van der Waals surface area contributed by atoms with Gasteiger partial charge in [-0.15, -0.1) is 0 Å². The Hall–Kier alpha value is -3.18. The number of hydrogen-bond acceptors (Lipinski definition) is 3. The monoisotopic (exact) mass is 361 g/mol.